The van der Waals surface area contributed by atoms with Gasteiger partial charge in [-0.2, -0.15) is 4.98 Å². The highest BCUT2D eigenvalue weighted by atomic mass is 35.5. The molecule has 0 amide bonds. The molecule has 2 aromatic carbocycles. The van der Waals surface area contributed by atoms with Crippen LogP contribution in [0.4, 0.5) is 17.5 Å². The zero-order valence-electron chi connectivity index (χ0n) is 14.9. The van der Waals surface area contributed by atoms with E-state index in [4.69, 9.17) is 27.2 Å². The Morgan fingerprint density at radius 3 is 2.46 bits per heavy atom. The summed E-state index contributed by atoms with van der Waals surface area (Å²) in [4.78, 5) is 8.45. The number of ether oxygens (including phenoxy) is 1. The van der Waals surface area contributed by atoms with Crippen LogP contribution in [0.5, 0.6) is 5.75 Å². The van der Waals surface area contributed by atoms with Gasteiger partial charge >= 0.3 is 0 Å². The minimum Gasteiger partial charge on any atom is -0.493 e. The summed E-state index contributed by atoms with van der Waals surface area (Å²) in [5.74, 6) is 1.10. The third-order valence-electron chi connectivity index (χ3n) is 3.72. The van der Waals surface area contributed by atoms with E-state index in [1.54, 1.807) is 36.4 Å². The maximum atomic E-state index is 11.4. The van der Waals surface area contributed by atoms with Crippen molar-refractivity contribution in [1.29, 1.82) is 0 Å². The molecular weight excluding hydrogens is 402 g/mol. The van der Waals surface area contributed by atoms with Gasteiger partial charge < -0.3 is 15.8 Å². The summed E-state index contributed by atoms with van der Waals surface area (Å²) in [6.07, 6.45) is 0. The molecule has 5 N–H and O–H groups in total. The van der Waals surface area contributed by atoms with Crippen LogP contribution in [0.3, 0.4) is 0 Å². The first-order valence-electron chi connectivity index (χ1n) is 8.23. The lowest BCUT2D eigenvalue weighted by Crippen LogP contribution is -2.11. The van der Waals surface area contributed by atoms with Crippen molar-refractivity contribution < 1.29 is 13.2 Å². The Morgan fingerprint density at radius 1 is 1.11 bits per heavy atom. The lowest BCUT2D eigenvalue weighted by molar-refractivity contribution is 0.341. The Bertz CT molecular complexity index is 1100. The molecule has 0 aliphatic heterocycles. The van der Waals surface area contributed by atoms with Crippen LogP contribution in [0.1, 0.15) is 6.92 Å². The lowest BCUT2D eigenvalue weighted by Gasteiger charge is -2.12. The quantitative estimate of drug-likeness (QED) is 0.558. The summed E-state index contributed by atoms with van der Waals surface area (Å²) in [7, 11) is -3.76. The summed E-state index contributed by atoms with van der Waals surface area (Å²) in [6, 6.07) is 12.9. The van der Waals surface area contributed by atoms with Crippen LogP contribution >= 0.6 is 11.6 Å². The van der Waals surface area contributed by atoms with Crippen molar-refractivity contribution in [3.8, 4) is 17.0 Å². The number of hydrogen-bond donors (Lipinski definition) is 3. The van der Waals surface area contributed by atoms with E-state index < -0.39 is 10.0 Å². The van der Waals surface area contributed by atoms with Crippen molar-refractivity contribution in [2.75, 3.05) is 17.7 Å². The van der Waals surface area contributed by atoms with Crippen LogP contribution in [-0.4, -0.2) is 25.0 Å². The molecule has 0 spiro atoms. The SMILES string of the molecule is CCOc1ccc(Cl)cc1-c1cc(Nc2ccc(S(N)(=O)=O)cc2)nc(N)n1. The molecule has 3 aromatic rings. The highest BCUT2D eigenvalue weighted by Crippen LogP contribution is 2.33. The number of halogens is 1. The van der Waals surface area contributed by atoms with Crippen LogP contribution in [0, 0.1) is 0 Å². The van der Waals surface area contributed by atoms with E-state index >= 15 is 0 Å². The van der Waals surface area contributed by atoms with E-state index in [1.807, 2.05) is 6.92 Å². The van der Waals surface area contributed by atoms with Gasteiger partial charge in [-0.1, -0.05) is 11.6 Å². The normalized spacial score (nSPS) is 11.2. The summed E-state index contributed by atoms with van der Waals surface area (Å²) < 4.78 is 28.4. The Kier molecular flexibility index (Phi) is 5.68. The molecule has 0 unspecified atom stereocenters. The van der Waals surface area contributed by atoms with Gasteiger partial charge in [0.15, 0.2) is 0 Å². The van der Waals surface area contributed by atoms with Gasteiger partial charge in [-0.15, -0.1) is 0 Å². The van der Waals surface area contributed by atoms with Gasteiger partial charge in [-0.05, 0) is 49.4 Å². The monoisotopic (exact) mass is 419 g/mol. The first kappa shape index (κ1) is 19.9. The average Bonchev–Trinajstić information content (AvgIpc) is 2.62. The maximum Gasteiger partial charge on any atom is 0.238 e. The molecule has 3 rings (SSSR count). The van der Waals surface area contributed by atoms with Crippen LogP contribution in [0.2, 0.25) is 5.02 Å². The van der Waals surface area contributed by atoms with E-state index in [0.29, 0.717) is 40.1 Å². The number of nitrogens with zero attached hydrogens (tertiary/aromatic N) is 2. The number of aromatic nitrogens is 2. The molecule has 0 radical (unpaired) electrons. The predicted octanol–water partition coefficient (Wildman–Crippen LogP) is 3.17. The number of nitrogen functional groups attached to an aromatic ring is 1. The summed E-state index contributed by atoms with van der Waals surface area (Å²) in [6.45, 7) is 2.36. The zero-order chi connectivity index (χ0) is 20.3. The molecule has 0 aliphatic rings. The molecule has 146 valence electrons. The minimum atomic E-state index is -3.76. The molecule has 8 nitrogen and oxygen atoms in total. The van der Waals surface area contributed by atoms with Gasteiger partial charge in [0.25, 0.3) is 0 Å². The molecule has 28 heavy (non-hydrogen) atoms. The summed E-state index contributed by atoms with van der Waals surface area (Å²) in [5.41, 5.74) is 7.67. The van der Waals surface area contributed by atoms with Gasteiger partial charge in [0.1, 0.15) is 11.6 Å². The second-order valence-corrected chi connectivity index (χ2v) is 7.76. The molecule has 0 fully saturated rings. The zero-order valence-corrected chi connectivity index (χ0v) is 16.5. The number of primary sulfonamides is 1. The van der Waals surface area contributed by atoms with E-state index in [1.165, 1.54) is 12.1 Å². The lowest BCUT2D eigenvalue weighted by atomic mass is 10.1. The van der Waals surface area contributed by atoms with Crippen LogP contribution in [0.25, 0.3) is 11.3 Å². The molecular formula is C18H18ClN5O3S. The van der Waals surface area contributed by atoms with Crippen molar-refractivity contribution in [1.82, 2.24) is 9.97 Å². The van der Waals surface area contributed by atoms with Gasteiger partial charge in [-0.25, -0.2) is 18.5 Å². The van der Waals surface area contributed by atoms with Gasteiger partial charge in [0, 0.05) is 22.3 Å². The Morgan fingerprint density at radius 2 is 1.82 bits per heavy atom. The highest BCUT2D eigenvalue weighted by molar-refractivity contribution is 7.89. The molecule has 1 heterocycles. The molecule has 10 heteroatoms. The van der Waals surface area contributed by atoms with E-state index in [2.05, 4.69) is 15.3 Å². The smallest absolute Gasteiger partial charge is 0.238 e. The van der Waals surface area contributed by atoms with Crippen LogP contribution in [0.15, 0.2) is 53.4 Å². The summed E-state index contributed by atoms with van der Waals surface area (Å²) >= 11 is 6.12. The summed E-state index contributed by atoms with van der Waals surface area (Å²) in [5, 5.41) is 8.70. The fraction of sp³-hybridized carbons (Fsp3) is 0.111. The molecule has 0 saturated heterocycles. The number of nitrogens with two attached hydrogens (primary N) is 2. The molecule has 0 aliphatic carbocycles. The second-order valence-electron chi connectivity index (χ2n) is 5.76. The first-order chi connectivity index (χ1) is 13.3. The first-order valence-corrected chi connectivity index (χ1v) is 10.2. The number of rotatable bonds is 6. The predicted molar refractivity (Wildman–Crippen MR) is 109 cm³/mol. The van der Waals surface area contributed by atoms with Gasteiger partial charge in [0.05, 0.1) is 17.2 Å². The topological polar surface area (TPSA) is 133 Å². The van der Waals surface area contributed by atoms with E-state index in [-0.39, 0.29) is 10.8 Å². The number of anilines is 3. The Balaban J connectivity index is 1.96. The minimum absolute atomic E-state index is 0.0150. The second kappa shape index (κ2) is 8.01. The van der Waals surface area contributed by atoms with Crippen LogP contribution < -0.4 is 20.9 Å². The van der Waals surface area contributed by atoms with E-state index in [0.717, 1.165) is 0 Å². The molecule has 0 saturated carbocycles. The maximum absolute atomic E-state index is 11.4. The van der Waals surface area contributed by atoms with E-state index in [9.17, 15) is 8.42 Å². The van der Waals surface area contributed by atoms with Crippen molar-refractivity contribution in [3.05, 3.63) is 53.6 Å². The Labute approximate surface area is 167 Å². The van der Waals surface area contributed by atoms with Crippen molar-refractivity contribution in [2.45, 2.75) is 11.8 Å². The fourth-order valence-corrected chi connectivity index (χ4v) is 3.21. The van der Waals surface area contributed by atoms with Gasteiger partial charge in [0.2, 0.25) is 16.0 Å². The third kappa shape index (κ3) is 4.69. The number of sulfonamides is 1. The van der Waals surface area contributed by atoms with Crippen molar-refractivity contribution in [2.24, 2.45) is 5.14 Å². The molecule has 0 bridgehead atoms. The largest absolute Gasteiger partial charge is 0.493 e. The van der Waals surface area contributed by atoms with Crippen molar-refractivity contribution >= 4 is 39.1 Å². The highest BCUT2D eigenvalue weighted by Gasteiger charge is 2.12. The van der Waals surface area contributed by atoms with Crippen LogP contribution in [-0.2, 0) is 10.0 Å². The fourth-order valence-electron chi connectivity index (χ4n) is 2.53. The van der Waals surface area contributed by atoms with Crippen molar-refractivity contribution in [3.63, 3.8) is 0 Å². The molecule has 0 atom stereocenters. The standard InChI is InChI=1S/C18H18ClN5O3S/c1-2-27-16-8-3-11(19)9-14(16)15-10-17(24-18(20)23-15)22-12-4-6-13(7-5-12)28(21,25)26/h3-10H,2H2,1H3,(H2,21,25,26)(H3,20,22,23,24). The third-order valence-corrected chi connectivity index (χ3v) is 4.88. The number of hydrogen-bond acceptors (Lipinski definition) is 7. The average molecular weight is 420 g/mol. The molecule has 1 aromatic heterocycles. The number of nitrogens with one attached hydrogen (secondary N) is 1. The number of benzene rings is 2. The Hall–Kier alpha value is -2.88. The van der Waals surface area contributed by atoms with Gasteiger partial charge in [-0.3, -0.25) is 0 Å².